The van der Waals surface area contributed by atoms with Crippen LogP contribution in [0.25, 0.3) is 11.0 Å². The highest BCUT2D eigenvalue weighted by molar-refractivity contribution is 5.95. The zero-order valence-corrected chi connectivity index (χ0v) is 12.6. The van der Waals surface area contributed by atoms with Crippen LogP contribution < -0.4 is 0 Å². The Morgan fingerprint density at radius 2 is 1.65 bits per heavy atom. The van der Waals surface area contributed by atoms with Crippen molar-refractivity contribution in [1.82, 2.24) is 14.9 Å². The summed E-state index contributed by atoms with van der Waals surface area (Å²) < 4.78 is 0. The smallest absolute Gasteiger partial charge is 0.274 e. The molecule has 2 aromatic rings. The second-order valence-electron chi connectivity index (χ2n) is 5.08. The molecule has 1 heterocycles. The van der Waals surface area contributed by atoms with Gasteiger partial charge in [0.15, 0.2) is 5.69 Å². The number of amides is 1. The Morgan fingerprint density at radius 3 is 2.15 bits per heavy atom. The van der Waals surface area contributed by atoms with Crippen molar-refractivity contribution in [1.29, 1.82) is 0 Å². The molecule has 0 atom stereocenters. The van der Waals surface area contributed by atoms with Gasteiger partial charge in [-0.25, -0.2) is 9.97 Å². The lowest BCUT2D eigenvalue weighted by atomic mass is 10.1. The number of carbonyl (C=O) groups excluding carboxylic acids is 1. The first-order valence-electron chi connectivity index (χ1n) is 7.14. The monoisotopic (exact) mass is 271 g/mol. The molecule has 0 bridgehead atoms. The lowest BCUT2D eigenvalue weighted by Gasteiger charge is -2.20. The molecule has 0 aliphatic rings. The second-order valence-corrected chi connectivity index (χ2v) is 5.08. The van der Waals surface area contributed by atoms with Gasteiger partial charge in [-0.1, -0.05) is 26.0 Å². The van der Waals surface area contributed by atoms with E-state index in [0.717, 1.165) is 16.7 Å². The average Bonchev–Trinajstić information content (AvgIpc) is 2.46. The maximum absolute atomic E-state index is 12.6. The highest BCUT2D eigenvalue weighted by Gasteiger charge is 2.21. The predicted molar refractivity (Wildman–Crippen MR) is 80.9 cm³/mol. The van der Waals surface area contributed by atoms with Gasteiger partial charge >= 0.3 is 0 Å². The number of rotatable bonds is 4. The van der Waals surface area contributed by atoms with Crippen molar-refractivity contribution in [2.45, 2.75) is 33.6 Å². The van der Waals surface area contributed by atoms with Crippen LogP contribution in [0.4, 0.5) is 0 Å². The van der Waals surface area contributed by atoms with Crippen molar-refractivity contribution < 1.29 is 4.79 Å². The fraction of sp³-hybridized carbons (Fsp3) is 0.438. The Kier molecular flexibility index (Phi) is 4.32. The molecule has 0 radical (unpaired) electrons. The van der Waals surface area contributed by atoms with Gasteiger partial charge in [0.05, 0.1) is 16.7 Å². The quantitative estimate of drug-likeness (QED) is 0.857. The van der Waals surface area contributed by atoms with E-state index < -0.39 is 0 Å². The summed E-state index contributed by atoms with van der Waals surface area (Å²) in [6, 6.07) is 7.68. The van der Waals surface area contributed by atoms with Gasteiger partial charge in [-0.15, -0.1) is 0 Å². The van der Waals surface area contributed by atoms with Gasteiger partial charge in [0.2, 0.25) is 0 Å². The van der Waals surface area contributed by atoms with Crippen molar-refractivity contribution in [3.05, 3.63) is 35.7 Å². The molecule has 0 fully saturated rings. The molecule has 0 N–H and O–H groups in total. The Morgan fingerprint density at radius 1 is 1.10 bits per heavy atom. The van der Waals surface area contributed by atoms with Gasteiger partial charge in [-0.2, -0.15) is 0 Å². The van der Waals surface area contributed by atoms with E-state index in [0.29, 0.717) is 18.8 Å². The van der Waals surface area contributed by atoms with Crippen molar-refractivity contribution in [3.63, 3.8) is 0 Å². The Labute approximate surface area is 119 Å². The molecule has 0 spiro atoms. The normalized spacial score (nSPS) is 11.1. The summed E-state index contributed by atoms with van der Waals surface area (Å²) in [5.74, 6) is 0.138. The van der Waals surface area contributed by atoms with Crippen LogP contribution in [-0.2, 0) is 0 Å². The highest BCUT2D eigenvalue weighted by atomic mass is 16.2. The van der Waals surface area contributed by atoms with Crippen molar-refractivity contribution in [2.75, 3.05) is 13.1 Å². The zero-order valence-electron chi connectivity index (χ0n) is 12.6. The van der Waals surface area contributed by atoms with E-state index in [1.165, 1.54) is 0 Å². The molecule has 4 heteroatoms. The van der Waals surface area contributed by atoms with E-state index in [2.05, 4.69) is 9.97 Å². The van der Waals surface area contributed by atoms with E-state index in [1.54, 1.807) is 4.90 Å². The van der Waals surface area contributed by atoms with Crippen LogP contribution in [0.1, 0.15) is 49.8 Å². The first-order valence-corrected chi connectivity index (χ1v) is 7.14. The molecule has 0 unspecified atom stereocenters. The minimum atomic E-state index is -0.0306. The Hall–Kier alpha value is -1.97. The average molecular weight is 271 g/mol. The summed E-state index contributed by atoms with van der Waals surface area (Å²) in [4.78, 5) is 23.6. The van der Waals surface area contributed by atoms with Crippen LogP contribution in [-0.4, -0.2) is 33.9 Å². The van der Waals surface area contributed by atoms with E-state index >= 15 is 0 Å². The van der Waals surface area contributed by atoms with Gasteiger partial charge in [0.1, 0.15) is 0 Å². The highest BCUT2D eigenvalue weighted by Crippen LogP contribution is 2.21. The van der Waals surface area contributed by atoms with Crippen LogP contribution in [0, 0.1) is 0 Å². The molecule has 20 heavy (non-hydrogen) atoms. The molecule has 0 saturated heterocycles. The number of para-hydroxylation sites is 2. The topological polar surface area (TPSA) is 46.1 Å². The van der Waals surface area contributed by atoms with E-state index in [1.807, 2.05) is 52.0 Å². The third kappa shape index (κ3) is 2.64. The van der Waals surface area contributed by atoms with Crippen molar-refractivity contribution in [2.24, 2.45) is 0 Å². The molecule has 1 amide bonds. The SMILES string of the molecule is CCN(CC)C(=O)c1nc2ccccc2nc1C(C)C. The second kappa shape index (κ2) is 5.99. The fourth-order valence-electron chi connectivity index (χ4n) is 2.23. The van der Waals surface area contributed by atoms with Crippen LogP contribution in [0.2, 0.25) is 0 Å². The molecule has 4 nitrogen and oxygen atoms in total. The van der Waals surface area contributed by atoms with E-state index in [4.69, 9.17) is 0 Å². The van der Waals surface area contributed by atoms with E-state index in [9.17, 15) is 4.79 Å². The fourth-order valence-corrected chi connectivity index (χ4v) is 2.23. The number of carbonyl (C=O) groups is 1. The summed E-state index contributed by atoms with van der Waals surface area (Å²) >= 11 is 0. The zero-order chi connectivity index (χ0) is 14.7. The minimum absolute atomic E-state index is 0.0306. The molecule has 1 aromatic heterocycles. The Balaban J connectivity index is 2.60. The van der Waals surface area contributed by atoms with Crippen LogP contribution in [0.15, 0.2) is 24.3 Å². The lowest BCUT2D eigenvalue weighted by molar-refractivity contribution is 0.0765. The summed E-state index contributed by atoms with van der Waals surface area (Å²) in [7, 11) is 0. The first-order chi connectivity index (χ1) is 9.58. The molecule has 0 aliphatic carbocycles. The van der Waals surface area contributed by atoms with Crippen molar-refractivity contribution >= 4 is 16.9 Å². The number of hydrogen-bond acceptors (Lipinski definition) is 3. The molecule has 1 aromatic carbocycles. The third-order valence-electron chi connectivity index (χ3n) is 3.40. The number of aromatic nitrogens is 2. The van der Waals surface area contributed by atoms with Gasteiger partial charge < -0.3 is 4.90 Å². The lowest BCUT2D eigenvalue weighted by Crippen LogP contribution is -2.32. The number of nitrogens with zero attached hydrogens (tertiary/aromatic N) is 3. The summed E-state index contributed by atoms with van der Waals surface area (Å²) in [6.45, 7) is 9.40. The van der Waals surface area contributed by atoms with E-state index in [-0.39, 0.29) is 11.8 Å². The van der Waals surface area contributed by atoms with Crippen LogP contribution >= 0.6 is 0 Å². The minimum Gasteiger partial charge on any atom is -0.338 e. The van der Waals surface area contributed by atoms with Gasteiger partial charge in [-0.3, -0.25) is 4.79 Å². The third-order valence-corrected chi connectivity index (χ3v) is 3.40. The molecular weight excluding hydrogens is 250 g/mol. The van der Waals surface area contributed by atoms with Gasteiger partial charge in [0.25, 0.3) is 5.91 Å². The summed E-state index contributed by atoms with van der Waals surface area (Å²) in [5.41, 5.74) is 2.88. The number of fused-ring (bicyclic) bond motifs is 1. The van der Waals surface area contributed by atoms with Gasteiger partial charge in [-0.05, 0) is 31.9 Å². The Bertz CT molecular complexity index is 618. The summed E-state index contributed by atoms with van der Waals surface area (Å²) in [5, 5.41) is 0. The number of hydrogen-bond donors (Lipinski definition) is 0. The molecule has 2 rings (SSSR count). The molecular formula is C16H21N3O. The largest absolute Gasteiger partial charge is 0.338 e. The molecule has 106 valence electrons. The van der Waals surface area contributed by atoms with Gasteiger partial charge in [0, 0.05) is 13.1 Å². The first kappa shape index (κ1) is 14.4. The maximum Gasteiger partial charge on any atom is 0.274 e. The van der Waals surface area contributed by atoms with Crippen molar-refractivity contribution in [3.8, 4) is 0 Å². The number of benzene rings is 1. The van der Waals surface area contributed by atoms with Crippen LogP contribution in [0.5, 0.6) is 0 Å². The molecule has 0 aliphatic heterocycles. The standard InChI is InChI=1S/C16H21N3O/c1-5-19(6-2)16(20)15-14(11(3)4)17-12-9-7-8-10-13(12)18-15/h7-11H,5-6H2,1-4H3. The van der Waals surface area contributed by atoms with Crippen LogP contribution in [0.3, 0.4) is 0 Å². The summed E-state index contributed by atoms with van der Waals surface area (Å²) in [6.07, 6.45) is 0. The predicted octanol–water partition coefficient (Wildman–Crippen LogP) is 3.24. The maximum atomic E-state index is 12.6. The molecule has 0 saturated carbocycles.